The number of halogens is 4. The normalized spacial score (nSPS) is 19.6. The van der Waals surface area contributed by atoms with Crippen molar-refractivity contribution in [2.24, 2.45) is 0 Å². The van der Waals surface area contributed by atoms with Crippen LogP contribution in [-0.4, -0.2) is 36.9 Å². The Balaban J connectivity index is 2.50. The van der Waals surface area contributed by atoms with E-state index in [1.54, 1.807) is 0 Å². The van der Waals surface area contributed by atoms with Gasteiger partial charge in [0, 0.05) is 6.42 Å². The zero-order chi connectivity index (χ0) is 14.7. The predicted octanol–water partition coefficient (Wildman–Crippen LogP) is 2.84. The van der Waals surface area contributed by atoms with Gasteiger partial charge in [-0.25, -0.2) is 0 Å². The predicted molar refractivity (Wildman–Crippen MR) is 58.9 cm³/mol. The molecule has 19 heavy (non-hydrogen) atoms. The second-order valence-corrected chi connectivity index (χ2v) is 6.04. The highest BCUT2D eigenvalue weighted by atomic mass is 32.2. The van der Waals surface area contributed by atoms with Crippen LogP contribution in [0.1, 0.15) is 38.5 Å². The molecule has 1 rings (SSSR count). The van der Waals surface area contributed by atoms with Gasteiger partial charge in [-0.15, -0.1) is 0 Å². The van der Waals surface area contributed by atoms with E-state index in [0.29, 0.717) is 12.8 Å². The van der Waals surface area contributed by atoms with Crippen molar-refractivity contribution in [3.63, 3.8) is 0 Å². The first-order chi connectivity index (χ1) is 8.58. The smallest absolute Gasteiger partial charge is 0.378 e. The summed E-state index contributed by atoms with van der Waals surface area (Å²) in [5, 5.41) is -5.50. The lowest BCUT2D eigenvalue weighted by atomic mass is 9.98. The quantitative estimate of drug-likeness (QED) is 0.605. The number of ether oxygens (including phenoxy) is 1. The summed E-state index contributed by atoms with van der Waals surface area (Å²) in [6.45, 7) is -0.678. The fourth-order valence-electron chi connectivity index (χ4n) is 1.92. The van der Waals surface area contributed by atoms with Crippen molar-refractivity contribution in [3.8, 4) is 0 Å². The summed E-state index contributed by atoms with van der Waals surface area (Å²) < 4.78 is 85.5. The summed E-state index contributed by atoms with van der Waals surface area (Å²) in [6.07, 6.45) is 2.46. The summed E-state index contributed by atoms with van der Waals surface area (Å²) in [7, 11) is -6.15. The minimum Gasteiger partial charge on any atom is -0.378 e. The zero-order valence-electron chi connectivity index (χ0n) is 10.1. The second kappa shape index (κ2) is 5.92. The van der Waals surface area contributed by atoms with E-state index >= 15 is 0 Å². The second-order valence-electron chi connectivity index (χ2n) is 4.58. The van der Waals surface area contributed by atoms with E-state index in [4.69, 9.17) is 9.29 Å². The molecule has 0 bridgehead atoms. The van der Waals surface area contributed by atoms with Gasteiger partial charge in [-0.3, -0.25) is 4.55 Å². The van der Waals surface area contributed by atoms with Crippen LogP contribution in [0.5, 0.6) is 0 Å². The Morgan fingerprint density at radius 3 is 2.11 bits per heavy atom. The van der Waals surface area contributed by atoms with Crippen molar-refractivity contribution >= 4 is 10.1 Å². The molecule has 4 nitrogen and oxygen atoms in total. The van der Waals surface area contributed by atoms with Crippen LogP contribution in [0.15, 0.2) is 0 Å². The average molecular weight is 308 g/mol. The molecule has 0 aliphatic heterocycles. The van der Waals surface area contributed by atoms with Crippen LogP contribution in [0.3, 0.4) is 0 Å². The third-order valence-electron chi connectivity index (χ3n) is 3.07. The van der Waals surface area contributed by atoms with Gasteiger partial charge in [-0.05, 0) is 12.8 Å². The number of hydrogen-bond donors (Lipinski definition) is 1. The topological polar surface area (TPSA) is 63.6 Å². The monoisotopic (exact) mass is 308 g/mol. The Morgan fingerprint density at radius 1 is 1.11 bits per heavy atom. The molecule has 1 fully saturated rings. The van der Waals surface area contributed by atoms with Crippen molar-refractivity contribution in [2.45, 2.75) is 55.8 Å². The fraction of sp³-hybridized carbons (Fsp3) is 1.00. The van der Waals surface area contributed by atoms with Gasteiger partial charge in [-0.1, -0.05) is 19.3 Å². The van der Waals surface area contributed by atoms with Crippen LogP contribution in [0.2, 0.25) is 0 Å². The van der Waals surface area contributed by atoms with Gasteiger partial charge in [0.25, 0.3) is 0 Å². The molecule has 0 aromatic carbocycles. The minimum absolute atomic E-state index is 0.246. The molecule has 9 heteroatoms. The van der Waals surface area contributed by atoms with E-state index in [2.05, 4.69) is 0 Å². The highest BCUT2D eigenvalue weighted by Crippen LogP contribution is 2.40. The fourth-order valence-corrected chi connectivity index (χ4v) is 2.40. The van der Waals surface area contributed by atoms with Crippen molar-refractivity contribution < 1.29 is 35.3 Å². The summed E-state index contributed by atoms with van der Waals surface area (Å²) in [5.74, 6) is -4.87. The van der Waals surface area contributed by atoms with Crippen LogP contribution >= 0.6 is 0 Å². The molecule has 114 valence electrons. The molecule has 0 aromatic heterocycles. The Morgan fingerprint density at radius 2 is 1.63 bits per heavy atom. The molecule has 1 N–H and O–H groups in total. The summed E-state index contributed by atoms with van der Waals surface area (Å²) in [5.41, 5.74) is 0. The number of rotatable bonds is 6. The number of alkyl halides is 4. The first kappa shape index (κ1) is 16.6. The molecule has 0 spiro atoms. The third-order valence-corrected chi connectivity index (χ3v) is 4.02. The van der Waals surface area contributed by atoms with E-state index < -0.39 is 34.3 Å². The maximum Gasteiger partial charge on any atom is 0.431 e. The number of hydrogen-bond acceptors (Lipinski definition) is 3. The van der Waals surface area contributed by atoms with Crippen molar-refractivity contribution in [1.29, 1.82) is 0 Å². The van der Waals surface area contributed by atoms with Crippen LogP contribution in [0.25, 0.3) is 0 Å². The Hall–Kier alpha value is -0.410. The van der Waals surface area contributed by atoms with Crippen LogP contribution in [0.4, 0.5) is 17.6 Å². The molecule has 1 saturated carbocycles. The molecular weight excluding hydrogens is 292 g/mol. The van der Waals surface area contributed by atoms with E-state index in [1.165, 1.54) is 0 Å². The van der Waals surface area contributed by atoms with Gasteiger partial charge in [0.1, 0.15) is 0 Å². The van der Waals surface area contributed by atoms with Crippen LogP contribution in [0, 0.1) is 0 Å². The molecule has 1 aliphatic rings. The van der Waals surface area contributed by atoms with E-state index in [0.717, 1.165) is 19.3 Å². The molecule has 0 amide bonds. The lowest BCUT2D eigenvalue weighted by Crippen LogP contribution is -2.47. The largest absolute Gasteiger partial charge is 0.431 e. The molecule has 1 aliphatic carbocycles. The SMILES string of the molecule is O=S(=O)(O)C(F)(F)C(F)(F)CCOC1CCCCC1. The van der Waals surface area contributed by atoms with Crippen molar-refractivity contribution in [3.05, 3.63) is 0 Å². The van der Waals surface area contributed by atoms with Gasteiger partial charge in [0.2, 0.25) is 0 Å². The van der Waals surface area contributed by atoms with Crippen LogP contribution in [-0.2, 0) is 14.9 Å². The molecule has 0 saturated heterocycles. The molecule has 0 heterocycles. The first-order valence-electron chi connectivity index (χ1n) is 5.92. The minimum atomic E-state index is -6.15. The summed E-state index contributed by atoms with van der Waals surface area (Å²) in [4.78, 5) is 0. The van der Waals surface area contributed by atoms with Crippen molar-refractivity contribution in [1.82, 2.24) is 0 Å². The third kappa shape index (κ3) is 4.03. The van der Waals surface area contributed by atoms with Crippen LogP contribution < -0.4 is 0 Å². The lowest BCUT2D eigenvalue weighted by Gasteiger charge is -2.26. The van der Waals surface area contributed by atoms with Gasteiger partial charge in [-0.2, -0.15) is 26.0 Å². The highest BCUT2D eigenvalue weighted by molar-refractivity contribution is 7.87. The lowest BCUT2D eigenvalue weighted by molar-refractivity contribution is -0.173. The molecule has 0 radical (unpaired) electrons. The average Bonchev–Trinajstić information content (AvgIpc) is 2.28. The summed E-state index contributed by atoms with van der Waals surface area (Å²) >= 11 is 0. The molecule has 0 atom stereocenters. The molecule has 0 aromatic rings. The maximum atomic E-state index is 13.1. The van der Waals surface area contributed by atoms with Gasteiger partial charge < -0.3 is 4.74 Å². The van der Waals surface area contributed by atoms with Crippen molar-refractivity contribution in [2.75, 3.05) is 6.61 Å². The molecular formula is C10H16F4O4S. The van der Waals surface area contributed by atoms with E-state index in [9.17, 15) is 26.0 Å². The maximum absolute atomic E-state index is 13.1. The van der Waals surface area contributed by atoms with Gasteiger partial charge in [0.05, 0.1) is 12.7 Å². The Bertz CT molecular complexity index is 390. The first-order valence-corrected chi connectivity index (χ1v) is 7.36. The van der Waals surface area contributed by atoms with E-state index in [-0.39, 0.29) is 6.10 Å². The summed E-state index contributed by atoms with van der Waals surface area (Å²) in [6, 6.07) is 0. The highest BCUT2D eigenvalue weighted by Gasteiger charge is 2.65. The molecule has 0 unspecified atom stereocenters. The van der Waals surface area contributed by atoms with E-state index in [1.807, 2.05) is 0 Å². The standard InChI is InChI=1S/C10H16F4O4S/c11-9(12,10(13,14)19(15,16)17)6-7-18-8-4-2-1-3-5-8/h8H,1-7H2,(H,15,16,17). The Labute approximate surface area is 108 Å². The van der Waals surface area contributed by atoms with Gasteiger partial charge in [0.15, 0.2) is 0 Å². The zero-order valence-corrected chi connectivity index (χ0v) is 10.9. The Kier molecular flexibility index (Phi) is 5.19. The van der Waals surface area contributed by atoms with Gasteiger partial charge >= 0.3 is 21.3 Å².